The second-order valence-electron chi connectivity index (χ2n) is 7.36. The van der Waals surface area contributed by atoms with E-state index in [0.29, 0.717) is 37.0 Å². The van der Waals surface area contributed by atoms with Crippen LogP contribution in [0.4, 0.5) is 5.69 Å². The summed E-state index contributed by atoms with van der Waals surface area (Å²) in [6.45, 7) is 4.78. The molecule has 6 nitrogen and oxygen atoms in total. The van der Waals surface area contributed by atoms with Crippen LogP contribution in [0.15, 0.2) is 24.3 Å². The van der Waals surface area contributed by atoms with Gasteiger partial charge in [0.1, 0.15) is 11.8 Å². The van der Waals surface area contributed by atoms with Crippen LogP contribution in [0.1, 0.15) is 32.6 Å². The van der Waals surface area contributed by atoms with Crippen LogP contribution in [0.25, 0.3) is 0 Å². The molecule has 3 rings (SSSR count). The maximum Gasteiger partial charge on any atom is 0.249 e. The number of hydrogen-bond donors (Lipinski definition) is 2. The Morgan fingerprint density at radius 1 is 1.38 bits per heavy atom. The van der Waals surface area contributed by atoms with E-state index in [0.717, 1.165) is 18.8 Å². The Labute approximate surface area is 155 Å². The molecule has 2 N–H and O–H groups in total. The van der Waals surface area contributed by atoms with Gasteiger partial charge in [-0.25, -0.2) is 0 Å². The molecule has 0 bridgehead atoms. The summed E-state index contributed by atoms with van der Waals surface area (Å²) in [6, 6.07) is 7.04. The smallest absolute Gasteiger partial charge is 0.249 e. The molecule has 0 radical (unpaired) electrons. The normalized spacial score (nSPS) is 24.4. The number of methoxy groups -OCH3 is 1. The summed E-state index contributed by atoms with van der Waals surface area (Å²) in [5.41, 5.74) is 0.762. The topological polar surface area (TPSA) is 70.7 Å². The molecule has 2 aliphatic rings. The standard InChI is InChI=1S/C20H29N3O3/c1-14(15-6-5-10-21-13-15)12-19(24)22-16-9-11-23(20(16)25)17-7-3-4-8-18(17)26-2/h3-4,7-8,14-16,21H,5-6,9-13H2,1-2H3,(H,22,24). The minimum absolute atomic E-state index is 0.0247. The van der Waals surface area contributed by atoms with E-state index in [4.69, 9.17) is 4.74 Å². The quantitative estimate of drug-likeness (QED) is 0.814. The predicted molar refractivity (Wildman–Crippen MR) is 101 cm³/mol. The lowest BCUT2D eigenvalue weighted by Gasteiger charge is -2.28. The van der Waals surface area contributed by atoms with Crippen molar-refractivity contribution in [2.45, 2.75) is 38.6 Å². The first-order chi connectivity index (χ1) is 12.6. The van der Waals surface area contributed by atoms with Crippen LogP contribution >= 0.6 is 0 Å². The highest BCUT2D eigenvalue weighted by atomic mass is 16.5. The van der Waals surface area contributed by atoms with E-state index in [1.54, 1.807) is 12.0 Å². The lowest BCUT2D eigenvalue weighted by Crippen LogP contribution is -2.43. The van der Waals surface area contributed by atoms with Gasteiger partial charge in [-0.15, -0.1) is 0 Å². The molecule has 3 atom stereocenters. The van der Waals surface area contributed by atoms with Crippen molar-refractivity contribution in [2.24, 2.45) is 11.8 Å². The maximum absolute atomic E-state index is 12.7. The molecular weight excluding hydrogens is 330 g/mol. The number of anilines is 1. The first-order valence-corrected chi connectivity index (χ1v) is 9.54. The van der Waals surface area contributed by atoms with Gasteiger partial charge < -0.3 is 20.3 Å². The van der Waals surface area contributed by atoms with Crippen LogP contribution in [-0.4, -0.2) is 44.6 Å². The lowest BCUT2D eigenvalue weighted by atomic mass is 9.85. The second-order valence-corrected chi connectivity index (χ2v) is 7.36. The van der Waals surface area contributed by atoms with Crippen molar-refractivity contribution in [2.75, 3.05) is 31.6 Å². The highest BCUT2D eigenvalue weighted by molar-refractivity contribution is 6.02. The number of hydrogen-bond acceptors (Lipinski definition) is 4. The third-order valence-corrected chi connectivity index (χ3v) is 5.56. The highest BCUT2D eigenvalue weighted by Crippen LogP contribution is 2.31. The van der Waals surface area contributed by atoms with Gasteiger partial charge in [-0.3, -0.25) is 9.59 Å². The van der Waals surface area contributed by atoms with Crippen molar-refractivity contribution in [3.63, 3.8) is 0 Å². The minimum Gasteiger partial charge on any atom is -0.495 e. The first kappa shape index (κ1) is 18.7. The summed E-state index contributed by atoms with van der Waals surface area (Å²) in [5, 5.41) is 6.34. The van der Waals surface area contributed by atoms with Crippen LogP contribution in [0.3, 0.4) is 0 Å². The Morgan fingerprint density at radius 3 is 2.92 bits per heavy atom. The Bertz CT molecular complexity index is 643. The molecule has 2 heterocycles. The van der Waals surface area contributed by atoms with E-state index in [9.17, 15) is 9.59 Å². The van der Waals surface area contributed by atoms with Gasteiger partial charge in [0, 0.05) is 13.0 Å². The van der Waals surface area contributed by atoms with Crippen molar-refractivity contribution < 1.29 is 14.3 Å². The molecule has 1 aromatic carbocycles. The van der Waals surface area contributed by atoms with E-state index in [2.05, 4.69) is 17.6 Å². The molecular formula is C20H29N3O3. The molecule has 0 aromatic heterocycles. The average molecular weight is 359 g/mol. The maximum atomic E-state index is 12.7. The third-order valence-electron chi connectivity index (χ3n) is 5.56. The number of para-hydroxylation sites is 2. The van der Waals surface area contributed by atoms with E-state index < -0.39 is 6.04 Å². The zero-order valence-corrected chi connectivity index (χ0v) is 15.7. The van der Waals surface area contributed by atoms with Crippen molar-refractivity contribution in [1.29, 1.82) is 0 Å². The van der Waals surface area contributed by atoms with E-state index in [1.165, 1.54) is 12.8 Å². The van der Waals surface area contributed by atoms with E-state index in [-0.39, 0.29) is 11.8 Å². The van der Waals surface area contributed by atoms with Crippen molar-refractivity contribution in [3.8, 4) is 5.75 Å². The van der Waals surface area contributed by atoms with Crippen LogP contribution < -0.4 is 20.3 Å². The Hall–Kier alpha value is -2.08. The van der Waals surface area contributed by atoms with Crippen molar-refractivity contribution in [3.05, 3.63) is 24.3 Å². The molecule has 0 spiro atoms. The molecule has 1 aromatic rings. The number of benzene rings is 1. The summed E-state index contributed by atoms with van der Waals surface area (Å²) < 4.78 is 5.36. The number of nitrogens with zero attached hydrogens (tertiary/aromatic N) is 1. The van der Waals surface area contributed by atoms with Crippen LogP contribution in [-0.2, 0) is 9.59 Å². The summed E-state index contributed by atoms with van der Waals surface area (Å²) >= 11 is 0. The lowest BCUT2D eigenvalue weighted by molar-refractivity contribution is -0.127. The fraction of sp³-hybridized carbons (Fsp3) is 0.600. The summed E-state index contributed by atoms with van der Waals surface area (Å²) in [6.07, 6.45) is 3.45. The molecule has 2 saturated heterocycles. The molecule has 6 heteroatoms. The molecule has 2 aliphatic heterocycles. The molecule has 0 saturated carbocycles. The molecule has 2 fully saturated rings. The molecule has 2 amide bonds. The van der Waals surface area contributed by atoms with Gasteiger partial charge >= 0.3 is 0 Å². The van der Waals surface area contributed by atoms with Crippen LogP contribution in [0, 0.1) is 11.8 Å². The van der Waals surface area contributed by atoms with Crippen LogP contribution in [0.2, 0.25) is 0 Å². The monoisotopic (exact) mass is 359 g/mol. The summed E-state index contributed by atoms with van der Waals surface area (Å²) in [7, 11) is 1.60. The van der Waals surface area contributed by atoms with Gasteiger partial charge in [0.15, 0.2) is 0 Å². The fourth-order valence-corrected chi connectivity index (χ4v) is 3.98. The largest absolute Gasteiger partial charge is 0.495 e. The van der Waals surface area contributed by atoms with Crippen molar-refractivity contribution in [1.82, 2.24) is 10.6 Å². The van der Waals surface area contributed by atoms with Gasteiger partial charge in [0.2, 0.25) is 11.8 Å². The van der Waals surface area contributed by atoms with Crippen molar-refractivity contribution >= 4 is 17.5 Å². The van der Waals surface area contributed by atoms with Gasteiger partial charge in [-0.2, -0.15) is 0 Å². The number of nitrogens with one attached hydrogen (secondary N) is 2. The number of ether oxygens (including phenoxy) is 1. The number of carbonyl (C=O) groups excluding carboxylic acids is 2. The number of rotatable bonds is 6. The molecule has 142 valence electrons. The van der Waals surface area contributed by atoms with E-state index >= 15 is 0 Å². The zero-order valence-electron chi connectivity index (χ0n) is 15.7. The minimum atomic E-state index is -0.441. The van der Waals surface area contributed by atoms with Gasteiger partial charge in [0.25, 0.3) is 0 Å². The van der Waals surface area contributed by atoms with E-state index in [1.807, 2.05) is 24.3 Å². The predicted octanol–water partition coefficient (Wildman–Crippen LogP) is 1.94. The SMILES string of the molecule is COc1ccccc1N1CCC(NC(=O)CC(C)C2CCCNC2)C1=O. The molecule has 0 aliphatic carbocycles. The first-order valence-electron chi connectivity index (χ1n) is 9.54. The number of amides is 2. The Balaban J connectivity index is 1.55. The van der Waals surface area contributed by atoms with Crippen LogP contribution in [0.5, 0.6) is 5.75 Å². The summed E-state index contributed by atoms with van der Waals surface area (Å²) in [4.78, 5) is 26.9. The Morgan fingerprint density at radius 2 is 2.19 bits per heavy atom. The highest BCUT2D eigenvalue weighted by Gasteiger charge is 2.35. The summed E-state index contributed by atoms with van der Waals surface area (Å²) in [5.74, 6) is 1.45. The third kappa shape index (κ3) is 4.18. The average Bonchev–Trinajstić information content (AvgIpc) is 3.02. The number of piperidine rings is 1. The molecule has 26 heavy (non-hydrogen) atoms. The van der Waals surface area contributed by atoms with Gasteiger partial charge in [-0.1, -0.05) is 19.1 Å². The van der Waals surface area contributed by atoms with Gasteiger partial charge in [0.05, 0.1) is 12.8 Å². The number of carbonyl (C=O) groups is 2. The molecule has 3 unspecified atom stereocenters. The second kappa shape index (κ2) is 8.54. The van der Waals surface area contributed by atoms with Gasteiger partial charge in [-0.05, 0) is 56.3 Å². The zero-order chi connectivity index (χ0) is 18.5. The fourth-order valence-electron chi connectivity index (χ4n) is 3.98. The Kier molecular flexibility index (Phi) is 6.14.